The maximum atomic E-state index is 6.89. The Balaban J connectivity index is 2.04. The van der Waals surface area contributed by atoms with Gasteiger partial charge in [-0.1, -0.05) is 40.2 Å². The zero-order chi connectivity index (χ0) is 15.5. The molecule has 1 heteroatoms. The molecule has 0 aromatic heterocycles. The summed E-state index contributed by atoms with van der Waals surface area (Å²) in [6, 6.07) is 0. The van der Waals surface area contributed by atoms with Gasteiger partial charge in [-0.2, -0.15) is 0 Å². The van der Waals surface area contributed by atoms with Crippen LogP contribution in [0.15, 0.2) is 12.7 Å². The zero-order valence-corrected chi connectivity index (χ0v) is 14.8. The Hall–Kier alpha value is -0.300. The van der Waals surface area contributed by atoms with Gasteiger partial charge >= 0.3 is 0 Å². The van der Waals surface area contributed by atoms with Crippen molar-refractivity contribution in [3.63, 3.8) is 0 Å². The van der Waals surface area contributed by atoms with Gasteiger partial charge in [-0.3, -0.25) is 0 Å². The van der Waals surface area contributed by atoms with Crippen molar-refractivity contribution in [2.24, 2.45) is 22.7 Å². The fraction of sp³-hybridized carbons (Fsp3) is 0.900. The molecule has 0 aromatic carbocycles. The summed E-state index contributed by atoms with van der Waals surface area (Å²) in [6.45, 7) is 16.3. The Morgan fingerprint density at radius 2 is 1.71 bits per heavy atom. The van der Waals surface area contributed by atoms with Gasteiger partial charge in [0, 0.05) is 5.41 Å². The van der Waals surface area contributed by atoms with E-state index >= 15 is 0 Å². The van der Waals surface area contributed by atoms with Crippen molar-refractivity contribution in [1.82, 2.24) is 0 Å². The van der Waals surface area contributed by atoms with Crippen LogP contribution < -0.4 is 0 Å². The van der Waals surface area contributed by atoms with Crippen LogP contribution in [0, 0.1) is 22.7 Å². The van der Waals surface area contributed by atoms with Gasteiger partial charge in [0.15, 0.2) is 0 Å². The van der Waals surface area contributed by atoms with Crippen LogP contribution in [0.25, 0.3) is 0 Å². The number of fused-ring (bicyclic) bond motifs is 2. The third-order valence-corrected chi connectivity index (χ3v) is 7.72. The molecular formula is C20H34O. The van der Waals surface area contributed by atoms with E-state index in [0.717, 1.165) is 12.3 Å². The Labute approximate surface area is 131 Å². The summed E-state index contributed by atoms with van der Waals surface area (Å²) in [5, 5.41) is 0. The first-order chi connectivity index (χ1) is 9.69. The molecule has 3 aliphatic rings. The third kappa shape index (κ3) is 1.99. The molecule has 1 spiro atoms. The van der Waals surface area contributed by atoms with E-state index in [0.29, 0.717) is 16.7 Å². The van der Waals surface area contributed by atoms with E-state index in [4.69, 9.17) is 4.74 Å². The van der Waals surface area contributed by atoms with E-state index in [1.807, 2.05) is 0 Å². The van der Waals surface area contributed by atoms with Gasteiger partial charge in [0.05, 0.1) is 11.2 Å². The lowest BCUT2D eigenvalue weighted by Gasteiger charge is -2.63. The van der Waals surface area contributed by atoms with E-state index < -0.39 is 0 Å². The molecule has 1 heterocycles. The fourth-order valence-electron chi connectivity index (χ4n) is 6.40. The normalized spacial score (nSPS) is 52.6. The molecule has 2 saturated carbocycles. The number of hydrogen-bond donors (Lipinski definition) is 0. The van der Waals surface area contributed by atoms with Crippen molar-refractivity contribution in [2.45, 2.75) is 90.8 Å². The van der Waals surface area contributed by atoms with E-state index in [-0.39, 0.29) is 11.2 Å². The van der Waals surface area contributed by atoms with Gasteiger partial charge in [0.1, 0.15) is 0 Å². The second kappa shape index (κ2) is 4.60. The summed E-state index contributed by atoms with van der Waals surface area (Å²) < 4.78 is 6.89. The molecule has 120 valence electrons. The standard InChI is InChI=1S/C20H34O/c1-7-18(5)13-14-20(21-18)15(2)9-10-16-17(3,4)11-8-12-19(16,20)6/h7,15-16H,1,8-14H2,2-6H3/t15?,16-,18+,19-,20+/m1/s1. The quantitative estimate of drug-likeness (QED) is 0.559. The van der Waals surface area contributed by atoms with Crippen molar-refractivity contribution in [2.75, 3.05) is 0 Å². The maximum absolute atomic E-state index is 6.89. The Morgan fingerprint density at radius 3 is 2.33 bits per heavy atom. The number of rotatable bonds is 1. The monoisotopic (exact) mass is 290 g/mol. The van der Waals surface area contributed by atoms with Gasteiger partial charge in [-0.05, 0) is 62.7 Å². The van der Waals surface area contributed by atoms with Gasteiger partial charge in [0.2, 0.25) is 0 Å². The van der Waals surface area contributed by atoms with Gasteiger partial charge in [-0.15, -0.1) is 6.58 Å². The first-order valence-corrected chi connectivity index (χ1v) is 9.03. The lowest BCUT2D eigenvalue weighted by atomic mass is 9.44. The predicted molar refractivity (Wildman–Crippen MR) is 89.3 cm³/mol. The van der Waals surface area contributed by atoms with Crippen LogP contribution >= 0.6 is 0 Å². The van der Waals surface area contributed by atoms with Crippen molar-refractivity contribution < 1.29 is 4.74 Å². The molecule has 1 nitrogen and oxygen atoms in total. The Kier molecular flexibility index (Phi) is 3.41. The van der Waals surface area contributed by atoms with Crippen LogP contribution in [-0.4, -0.2) is 11.2 Å². The van der Waals surface area contributed by atoms with E-state index in [2.05, 4.69) is 47.3 Å². The first kappa shape index (κ1) is 15.6. The summed E-state index contributed by atoms with van der Waals surface area (Å²) in [5.74, 6) is 1.48. The molecule has 0 bridgehead atoms. The summed E-state index contributed by atoms with van der Waals surface area (Å²) in [7, 11) is 0. The zero-order valence-electron chi connectivity index (χ0n) is 14.8. The lowest BCUT2D eigenvalue weighted by molar-refractivity contribution is -0.236. The van der Waals surface area contributed by atoms with Crippen LogP contribution in [0.5, 0.6) is 0 Å². The van der Waals surface area contributed by atoms with Crippen LogP contribution in [0.3, 0.4) is 0 Å². The van der Waals surface area contributed by atoms with Crippen molar-refractivity contribution in [3.05, 3.63) is 12.7 Å². The second-order valence-electron chi connectivity index (χ2n) is 9.30. The van der Waals surface area contributed by atoms with E-state index in [9.17, 15) is 0 Å². The minimum atomic E-state index is -0.110. The molecule has 5 atom stereocenters. The van der Waals surface area contributed by atoms with Crippen molar-refractivity contribution >= 4 is 0 Å². The van der Waals surface area contributed by atoms with Gasteiger partial charge < -0.3 is 4.74 Å². The van der Waals surface area contributed by atoms with Crippen molar-refractivity contribution in [1.29, 1.82) is 0 Å². The highest BCUT2D eigenvalue weighted by Gasteiger charge is 2.65. The number of ether oxygens (including phenoxy) is 1. The summed E-state index contributed by atoms with van der Waals surface area (Å²) in [5.41, 5.74) is 0.779. The summed E-state index contributed by atoms with van der Waals surface area (Å²) >= 11 is 0. The van der Waals surface area contributed by atoms with Gasteiger partial charge in [-0.25, -0.2) is 0 Å². The van der Waals surface area contributed by atoms with Crippen LogP contribution in [0.2, 0.25) is 0 Å². The minimum absolute atomic E-state index is 0.0799. The molecule has 0 amide bonds. The SMILES string of the molecule is C=C[C@@]1(C)CC[C@]2(O1)C(C)CC[C@@H]1C(C)(C)CCC[C@]12C. The minimum Gasteiger partial charge on any atom is -0.364 e. The van der Waals surface area contributed by atoms with Crippen LogP contribution in [0.4, 0.5) is 0 Å². The van der Waals surface area contributed by atoms with Gasteiger partial charge in [0.25, 0.3) is 0 Å². The topological polar surface area (TPSA) is 9.23 Å². The summed E-state index contributed by atoms with van der Waals surface area (Å²) in [6.07, 6.45) is 11.2. The highest BCUT2D eigenvalue weighted by atomic mass is 16.5. The Bertz CT molecular complexity index is 439. The first-order valence-electron chi connectivity index (χ1n) is 9.03. The molecule has 0 aromatic rings. The molecule has 21 heavy (non-hydrogen) atoms. The molecular weight excluding hydrogens is 256 g/mol. The van der Waals surface area contributed by atoms with Crippen LogP contribution in [0.1, 0.15) is 79.6 Å². The molecule has 3 rings (SSSR count). The highest BCUT2D eigenvalue weighted by Crippen LogP contribution is 2.67. The van der Waals surface area contributed by atoms with Crippen molar-refractivity contribution in [3.8, 4) is 0 Å². The molecule has 1 saturated heterocycles. The smallest absolute Gasteiger partial charge is 0.0840 e. The Morgan fingerprint density at radius 1 is 1.00 bits per heavy atom. The third-order valence-electron chi connectivity index (χ3n) is 7.72. The average molecular weight is 290 g/mol. The molecule has 0 radical (unpaired) electrons. The number of hydrogen-bond acceptors (Lipinski definition) is 1. The largest absolute Gasteiger partial charge is 0.364 e. The van der Waals surface area contributed by atoms with E-state index in [1.165, 1.54) is 38.5 Å². The predicted octanol–water partition coefficient (Wildman–Crippen LogP) is 5.74. The molecule has 3 fully saturated rings. The average Bonchev–Trinajstić information content (AvgIpc) is 2.76. The molecule has 1 aliphatic heterocycles. The second-order valence-corrected chi connectivity index (χ2v) is 9.30. The highest BCUT2D eigenvalue weighted by molar-refractivity contribution is 5.17. The maximum Gasteiger partial charge on any atom is 0.0840 e. The molecule has 0 N–H and O–H groups in total. The molecule has 2 aliphatic carbocycles. The van der Waals surface area contributed by atoms with Crippen LogP contribution in [-0.2, 0) is 4.74 Å². The molecule has 1 unspecified atom stereocenters. The lowest BCUT2D eigenvalue weighted by Crippen LogP contribution is -2.62. The fourth-order valence-corrected chi connectivity index (χ4v) is 6.40. The van der Waals surface area contributed by atoms with E-state index in [1.54, 1.807) is 0 Å². The summed E-state index contributed by atoms with van der Waals surface area (Å²) in [4.78, 5) is 0.